The third-order valence-electron chi connectivity index (χ3n) is 2.68. The van der Waals surface area contributed by atoms with Gasteiger partial charge in [-0.3, -0.25) is 9.19 Å². The molecule has 1 N–H and O–H groups in total. The van der Waals surface area contributed by atoms with Crippen molar-refractivity contribution in [1.82, 2.24) is 10.3 Å². The summed E-state index contributed by atoms with van der Waals surface area (Å²) >= 11 is 0. The molecule has 3 nitrogen and oxygen atoms in total. The molecule has 0 bridgehead atoms. The predicted molar refractivity (Wildman–Crippen MR) is 62.0 cm³/mol. The Morgan fingerprint density at radius 1 is 1.47 bits per heavy atom. The number of aromatic nitrogens is 1. The van der Waals surface area contributed by atoms with Crippen LogP contribution in [0.25, 0.3) is 0 Å². The maximum absolute atomic E-state index is 12.0. The van der Waals surface area contributed by atoms with Crippen molar-refractivity contribution >= 4 is 10.8 Å². The molecule has 0 unspecified atom stereocenters. The number of rotatable bonds is 3. The Kier molecular flexibility index (Phi) is 3.86. The standard InChI is InChI=1S/C11H16N2OS/c14-15(11-2-1-5-13-8-11)9-10-3-6-12-7-4-10/h3-4,6-7,11,13H,1-2,5,8-9H2/t11-,15-/m0/s1. The lowest BCUT2D eigenvalue weighted by molar-refractivity contribution is 0.519. The number of nitrogens with one attached hydrogen (secondary N) is 1. The fourth-order valence-corrected chi connectivity index (χ4v) is 3.30. The number of hydrogen-bond donors (Lipinski definition) is 1. The average Bonchev–Trinajstić information content (AvgIpc) is 2.31. The molecule has 1 aliphatic rings. The molecule has 15 heavy (non-hydrogen) atoms. The van der Waals surface area contributed by atoms with Gasteiger partial charge in [0.1, 0.15) is 0 Å². The summed E-state index contributed by atoms with van der Waals surface area (Å²) in [7, 11) is -0.748. The first kappa shape index (κ1) is 10.8. The summed E-state index contributed by atoms with van der Waals surface area (Å²) in [4.78, 5) is 3.95. The predicted octanol–water partition coefficient (Wildman–Crippen LogP) is 1.08. The Labute approximate surface area is 92.8 Å². The molecule has 1 aromatic heterocycles. The van der Waals surface area contributed by atoms with Crippen molar-refractivity contribution in [3.05, 3.63) is 30.1 Å². The molecule has 82 valence electrons. The van der Waals surface area contributed by atoms with E-state index in [2.05, 4.69) is 10.3 Å². The van der Waals surface area contributed by atoms with Gasteiger partial charge in [0.2, 0.25) is 0 Å². The van der Waals surface area contributed by atoms with Gasteiger partial charge in [0.15, 0.2) is 0 Å². The minimum Gasteiger partial charge on any atom is -0.316 e. The first-order chi connectivity index (χ1) is 7.36. The van der Waals surface area contributed by atoms with Gasteiger partial charge >= 0.3 is 0 Å². The van der Waals surface area contributed by atoms with E-state index in [9.17, 15) is 4.21 Å². The fraction of sp³-hybridized carbons (Fsp3) is 0.545. The van der Waals surface area contributed by atoms with Crippen LogP contribution >= 0.6 is 0 Å². The van der Waals surface area contributed by atoms with E-state index in [1.54, 1.807) is 12.4 Å². The number of pyridine rings is 1. The van der Waals surface area contributed by atoms with Crippen LogP contribution in [0.5, 0.6) is 0 Å². The lowest BCUT2D eigenvalue weighted by Gasteiger charge is -2.21. The molecule has 2 atom stereocenters. The van der Waals surface area contributed by atoms with Crippen LogP contribution in [0.1, 0.15) is 18.4 Å². The van der Waals surface area contributed by atoms with E-state index >= 15 is 0 Å². The molecule has 2 rings (SSSR count). The first-order valence-corrected chi connectivity index (χ1v) is 6.71. The van der Waals surface area contributed by atoms with Crippen LogP contribution < -0.4 is 5.32 Å². The highest BCUT2D eigenvalue weighted by Gasteiger charge is 2.19. The van der Waals surface area contributed by atoms with Crippen molar-refractivity contribution in [1.29, 1.82) is 0 Å². The normalized spacial score (nSPS) is 23.6. The molecule has 2 heterocycles. The lowest BCUT2D eigenvalue weighted by Crippen LogP contribution is -2.36. The third kappa shape index (κ3) is 3.11. The molecule has 1 fully saturated rings. The summed E-state index contributed by atoms with van der Waals surface area (Å²) in [6, 6.07) is 3.88. The maximum atomic E-state index is 12.0. The van der Waals surface area contributed by atoms with Gasteiger partial charge in [0, 0.05) is 40.7 Å². The van der Waals surface area contributed by atoms with E-state index in [0.29, 0.717) is 11.0 Å². The van der Waals surface area contributed by atoms with Crippen molar-refractivity contribution in [2.75, 3.05) is 13.1 Å². The van der Waals surface area contributed by atoms with Crippen LogP contribution in [-0.4, -0.2) is 27.5 Å². The SMILES string of the molecule is O=[S@@](Cc1ccncc1)[C@H]1CCCNC1. The first-order valence-electron chi connectivity index (χ1n) is 5.33. The van der Waals surface area contributed by atoms with Crippen LogP contribution in [0, 0.1) is 0 Å². The number of piperidine rings is 1. The Hall–Kier alpha value is -0.740. The van der Waals surface area contributed by atoms with E-state index in [-0.39, 0.29) is 0 Å². The number of hydrogen-bond acceptors (Lipinski definition) is 3. The highest BCUT2D eigenvalue weighted by Crippen LogP contribution is 2.12. The smallest absolute Gasteiger partial charge is 0.0490 e. The quantitative estimate of drug-likeness (QED) is 0.835. The molecule has 0 saturated carbocycles. The van der Waals surface area contributed by atoms with Crippen LogP contribution in [0.3, 0.4) is 0 Å². The average molecular weight is 224 g/mol. The van der Waals surface area contributed by atoms with E-state index in [1.807, 2.05) is 12.1 Å². The zero-order chi connectivity index (χ0) is 10.5. The third-order valence-corrected chi connectivity index (χ3v) is 4.45. The molecule has 0 amide bonds. The minimum atomic E-state index is -0.748. The van der Waals surface area contributed by atoms with Gasteiger partial charge in [-0.1, -0.05) is 0 Å². The Morgan fingerprint density at radius 3 is 2.93 bits per heavy atom. The van der Waals surface area contributed by atoms with Crippen LogP contribution in [-0.2, 0) is 16.6 Å². The summed E-state index contributed by atoms with van der Waals surface area (Å²) < 4.78 is 12.0. The van der Waals surface area contributed by atoms with E-state index in [0.717, 1.165) is 31.5 Å². The summed E-state index contributed by atoms with van der Waals surface area (Å²) in [5.41, 5.74) is 1.12. The van der Waals surface area contributed by atoms with Gasteiger partial charge in [-0.05, 0) is 37.1 Å². The molecule has 1 saturated heterocycles. The highest BCUT2D eigenvalue weighted by molar-refractivity contribution is 7.84. The largest absolute Gasteiger partial charge is 0.316 e. The monoisotopic (exact) mass is 224 g/mol. The van der Waals surface area contributed by atoms with Crippen molar-refractivity contribution in [2.45, 2.75) is 23.8 Å². The molecule has 0 aromatic carbocycles. The van der Waals surface area contributed by atoms with Gasteiger partial charge in [-0.2, -0.15) is 0 Å². The molecule has 4 heteroatoms. The van der Waals surface area contributed by atoms with Crippen LogP contribution in [0.4, 0.5) is 0 Å². The molecule has 0 aliphatic carbocycles. The summed E-state index contributed by atoms with van der Waals surface area (Å²) in [5, 5.41) is 3.62. The maximum Gasteiger partial charge on any atom is 0.0490 e. The van der Waals surface area contributed by atoms with Crippen molar-refractivity contribution < 1.29 is 4.21 Å². The molecular formula is C11H16N2OS. The second-order valence-corrected chi connectivity index (χ2v) is 5.57. The second kappa shape index (κ2) is 5.37. The van der Waals surface area contributed by atoms with Crippen molar-refractivity contribution in [2.24, 2.45) is 0 Å². The van der Waals surface area contributed by atoms with Crippen molar-refractivity contribution in [3.8, 4) is 0 Å². The van der Waals surface area contributed by atoms with Gasteiger partial charge in [-0.25, -0.2) is 0 Å². The number of nitrogens with zero attached hydrogens (tertiary/aromatic N) is 1. The zero-order valence-corrected chi connectivity index (χ0v) is 9.50. The molecular weight excluding hydrogens is 208 g/mol. The fourth-order valence-electron chi connectivity index (χ4n) is 1.81. The van der Waals surface area contributed by atoms with E-state index in [4.69, 9.17) is 0 Å². The lowest BCUT2D eigenvalue weighted by atomic mass is 10.2. The van der Waals surface area contributed by atoms with Gasteiger partial charge in [-0.15, -0.1) is 0 Å². The molecule has 1 aliphatic heterocycles. The van der Waals surface area contributed by atoms with E-state index < -0.39 is 10.8 Å². The van der Waals surface area contributed by atoms with Gasteiger partial charge < -0.3 is 5.32 Å². The topological polar surface area (TPSA) is 42.0 Å². The van der Waals surface area contributed by atoms with E-state index in [1.165, 1.54) is 0 Å². The van der Waals surface area contributed by atoms with Crippen molar-refractivity contribution in [3.63, 3.8) is 0 Å². The van der Waals surface area contributed by atoms with Gasteiger partial charge in [0.25, 0.3) is 0 Å². The molecule has 0 spiro atoms. The summed E-state index contributed by atoms with van der Waals surface area (Å²) in [6.45, 7) is 1.97. The minimum absolute atomic E-state index is 0.326. The molecule has 1 aromatic rings. The molecule has 0 radical (unpaired) electrons. The van der Waals surface area contributed by atoms with Gasteiger partial charge in [0.05, 0.1) is 0 Å². The highest BCUT2D eigenvalue weighted by atomic mass is 32.2. The Balaban J connectivity index is 1.91. The Morgan fingerprint density at radius 2 is 2.27 bits per heavy atom. The summed E-state index contributed by atoms with van der Waals surface area (Å²) in [6.07, 6.45) is 5.74. The Bertz CT molecular complexity index is 323. The second-order valence-electron chi connectivity index (χ2n) is 3.85. The van der Waals surface area contributed by atoms with Crippen LogP contribution in [0.2, 0.25) is 0 Å². The zero-order valence-electron chi connectivity index (χ0n) is 8.69. The van der Waals surface area contributed by atoms with Crippen LogP contribution in [0.15, 0.2) is 24.5 Å². The summed E-state index contributed by atoms with van der Waals surface area (Å²) in [5.74, 6) is 0.662.